The van der Waals surface area contributed by atoms with Crippen LogP contribution < -0.4 is 21.3 Å². The molecule has 4 heteroatoms. The fraction of sp³-hybridized carbons (Fsp3) is 0.136. The lowest BCUT2D eigenvalue weighted by Gasteiger charge is -2.29. The van der Waals surface area contributed by atoms with E-state index in [2.05, 4.69) is 167 Å². The highest BCUT2D eigenvalue weighted by atomic mass is 15.2. The van der Waals surface area contributed by atoms with E-state index in [1.165, 1.54) is 66.1 Å². The van der Waals surface area contributed by atoms with Crippen LogP contribution in [0.4, 0.5) is 17.2 Å². The fourth-order valence-electron chi connectivity index (χ4n) is 7.77. The number of aromatic nitrogens is 2. The molecule has 6 aromatic carbocycles. The number of hydrogen-bond acceptors (Lipinski definition) is 3. The topological polar surface area (TPSA) is 29.0 Å². The number of hydrogen-bond donors (Lipinski definition) is 0. The van der Waals surface area contributed by atoms with Crippen molar-refractivity contribution in [2.24, 2.45) is 0 Å². The first-order valence-electron chi connectivity index (χ1n) is 16.7. The highest BCUT2D eigenvalue weighted by Crippen LogP contribution is 2.39. The maximum Gasteiger partial charge on any atom is 0.243 e. The molecule has 1 aromatic heterocycles. The standard InChI is InChI=1S/C44H40BN3/c1-29-23-31(3)43(32(4)24-29)45(44-33(5)25-30(2)26-34(44)6)40-19-20-41(39-18-11-10-17-38(39)40)48(42-21-22-46-28-47-42)37-16-12-15-36(27-37)35-13-8-7-9-14-35/h7-28H,1-6H3. The number of aryl methyl sites for hydroxylation is 6. The predicted octanol–water partition coefficient (Wildman–Crippen LogP) is 9.13. The van der Waals surface area contributed by atoms with Crippen LogP contribution >= 0.6 is 0 Å². The molecule has 7 aromatic rings. The van der Waals surface area contributed by atoms with Crippen LogP contribution in [0.15, 0.2) is 134 Å². The molecule has 0 fully saturated rings. The Morgan fingerprint density at radius 3 is 1.71 bits per heavy atom. The van der Waals surface area contributed by atoms with Crippen LogP contribution in [0.5, 0.6) is 0 Å². The molecule has 0 atom stereocenters. The molecule has 0 saturated heterocycles. The molecule has 0 saturated carbocycles. The zero-order valence-electron chi connectivity index (χ0n) is 28.6. The Balaban J connectivity index is 1.50. The van der Waals surface area contributed by atoms with Crippen molar-refractivity contribution >= 4 is 51.1 Å². The molecule has 0 spiro atoms. The van der Waals surface area contributed by atoms with Gasteiger partial charge >= 0.3 is 0 Å². The van der Waals surface area contributed by atoms with Gasteiger partial charge < -0.3 is 0 Å². The highest BCUT2D eigenvalue weighted by molar-refractivity contribution is 6.98. The van der Waals surface area contributed by atoms with E-state index in [9.17, 15) is 0 Å². The van der Waals surface area contributed by atoms with Gasteiger partial charge in [-0.2, -0.15) is 0 Å². The summed E-state index contributed by atoms with van der Waals surface area (Å²) >= 11 is 0. The van der Waals surface area contributed by atoms with Gasteiger partial charge in [-0.15, -0.1) is 0 Å². The van der Waals surface area contributed by atoms with Gasteiger partial charge in [0.1, 0.15) is 12.1 Å². The lowest BCUT2D eigenvalue weighted by molar-refractivity contribution is 1.11. The number of benzene rings is 6. The molecule has 0 amide bonds. The average molecular weight is 622 g/mol. The Morgan fingerprint density at radius 1 is 0.521 bits per heavy atom. The number of fused-ring (bicyclic) bond motifs is 1. The quantitative estimate of drug-likeness (QED) is 0.166. The summed E-state index contributed by atoms with van der Waals surface area (Å²) in [5, 5.41) is 2.41. The first-order chi connectivity index (χ1) is 23.3. The van der Waals surface area contributed by atoms with E-state index in [4.69, 9.17) is 4.98 Å². The van der Waals surface area contributed by atoms with Gasteiger partial charge in [-0.1, -0.05) is 147 Å². The van der Waals surface area contributed by atoms with Crippen LogP contribution in [0.3, 0.4) is 0 Å². The molecule has 1 heterocycles. The smallest absolute Gasteiger partial charge is 0.243 e. The van der Waals surface area contributed by atoms with Crippen molar-refractivity contribution in [1.82, 2.24) is 9.97 Å². The van der Waals surface area contributed by atoms with Gasteiger partial charge in [-0.3, -0.25) is 4.90 Å². The minimum absolute atomic E-state index is 0.0686. The van der Waals surface area contributed by atoms with Crippen molar-refractivity contribution in [2.45, 2.75) is 41.5 Å². The summed E-state index contributed by atoms with van der Waals surface area (Å²) in [6, 6.07) is 44.1. The minimum atomic E-state index is 0.0686. The van der Waals surface area contributed by atoms with Crippen LogP contribution in [0.25, 0.3) is 21.9 Å². The van der Waals surface area contributed by atoms with Gasteiger partial charge in [-0.25, -0.2) is 9.97 Å². The van der Waals surface area contributed by atoms with Crippen molar-refractivity contribution in [3.63, 3.8) is 0 Å². The molecule has 7 rings (SSSR count). The van der Waals surface area contributed by atoms with E-state index in [0.29, 0.717) is 0 Å². The van der Waals surface area contributed by atoms with Crippen LogP contribution in [0.2, 0.25) is 0 Å². The first-order valence-corrected chi connectivity index (χ1v) is 16.7. The molecular weight excluding hydrogens is 581 g/mol. The second-order valence-corrected chi connectivity index (χ2v) is 13.1. The summed E-state index contributed by atoms with van der Waals surface area (Å²) in [6.45, 7) is 13.5. The summed E-state index contributed by atoms with van der Waals surface area (Å²) < 4.78 is 0. The fourth-order valence-corrected chi connectivity index (χ4v) is 7.77. The van der Waals surface area contributed by atoms with E-state index >= 15 is 0 Å². The third kappa shape index (κ3) is 5.79. The van der Waals surface area contributed by atoms with Gasteiger partial charge in [0, 0.05) is 17.3 Å². The van der Waals surface area contributed by atoms with E-state index in [1.54, 1.807) is 6.33 Å². The van der Waals surface area contributed by atoms with Crippen LogP contribution in [0.1, 0.15) is 33.4 Å². The van der Waals surface area contributed by atoms with Crippen molar-refractivity contribution in [1.29, 1.82) is 0 Å². The number of nitrogens with zero attached hydrogens (tertiary/aromatic N) is 3. The predicted molar refractivity (Wildman–Crippen MR) is 206 cm³/mol. The summed E-state index contributed by atoms with van der Waals surface area (Å²) in [6.07, 6.45) is 3.44. The molecule has 234 valence electrons. The molecule has 0 N–H and O–H groups in total. The second-order valence-electron chi connectivity index (χ2n) is 13.1. The Hall–Kier alpha value is -5.48. The summed E-state index contributed by atoms with van der Waals surface area (Å²) in [5.74, 6) is 0.820. The average Bonchev–Trinajstić information content (AvgIpc) is 3.08. The van der Waals surface area contributed by atoms with Crippen LogP contribution in [-0.4, -0.2) is 16.7 Å². The molecule has 48 heavy (non-hydrogen) atoms. The first kappa shape index (κ1) is 31.1. The highest BCUT2D eigenvalue weighted by Gasteiger charge is 2.31. The summed E-state index contributed by atoms with van der Waals surface area (Å²) in [4.78, 5) is 11.3. The van der Waals surface area contributed by atoms with E-state index in [-0.39, 0.29) is 6.71 Å². The van der Waals surface area contributed by atoms with Crippen molar-refractivity contribution in [3.05, 3.63) is 167 Å². The normalized spacial score (nSPS) is 11.1. The van der Waals surface area contributed by atoms with Crippen molar-refractivity contribution in [3.8, 4) is 11.1 Å². The molecule has 0 aliphatic rings. The van der Waals surface area contributed by atoms with E-state index < -0.39 is 0 Å². The van der Waals surface area contributed by atoms with Crippen LogP contribution in [0, 0.1) is 41.5 Å². The van der Waals surface area contributed by atoms with Gasteiger partial charge in [0.05, 0.1) is 5.69 Å². The molecule has 0 bridgehead atoms. The molecular formula is C44H40BN3. The third-order valence-electron chi connectivity index (χ3n) is 9.55. The molecule has 0 aliphatic carbocycles. The minimum Gasteiger partial charge on any atom is -0.294 e. The van der Waals surface area contributed by atoms with Crippen LogP contribution in [-0.2, 0) is 0 Å². The van der Waals surface area contributed by atoms with Gasteiger partial charge in [0.2, 0.25) is 6.71 Å². The van der Waals surface area contributed by atoms with Crippen molar-refractivity contribution in [2.75, 3.05) is 4.90 Å². The van der Waals surface area contributed by atoms with E-state index in [1.807, 2.05) is 12.3 Å². The lowest BCUT2D eigenvalue weighted by Crippen LogP contribution is -2.56. The zero-order valence-corrected chi connectivity index (χ0v) is 28.6. The Labute approximate surface area is 285 Å². The maximum atomic E-state index is 4.77. The summed E-state index contributed by atoms with van der Waals surface area (Å²) in [7, 11) is 0. The van der Waals surface area contributed by atoms with E-state index in [0.717, 1.165) is 22.8 Å². The molecule has 0 aliphatic heterocycles. The largest absolute Gasteiger partial charge is 0.294 e. The van der Waals surface area contributed by atoms with Crippen molar-refractivity contribution < 1.29 is 0 Å². The maximum absolute atomic E-state index is 4.77. The Kier molecular flexibility index (Phi) is 8.41. The van der Waals surface area contributed by atoms with Gasteiger partial charge in [-0.05, 0) is 82.3 Å². The number of anilines is 3. The monoisotopic (exact) mass is 621 g/mol. The molecule has 3 nitrogen and oxygen atoms in total. The SMILES string of the molecule is Cc1cc(C)c(B(c2c(C)cc(C)cc2C)c2ccc(N(c3cccc(-c4ccccc4)c3)c3ccncn3)c3ccccc23)c(C)c1. The second kappa shape index (κ2) is 13.0. The number of rotatable bonds is 7. The molecule has 0 radical (unpaired) electrons. The summed E-state index contributed by atoms with van der Waals surface area (Å²) in [5.41, 5.74) is 16.4. The third-order valence-corrected chi connectivity index (χ3v) is 9.55. The molecule has 0 unspecified atom stereocenters. The lowest BCUT2D eigenvalue weighted by atomic mass is 9.33. The Morgan fingerprint density at radius 2 is 1.10 bits per heavy atom. The zero-order chi connectivity index (χ0) is 33.4. The Bertz CT molecular complexity index is 2160. The van der Waals surface area contributed by atoms with Gasteiger partial charge in [0.25, 0.3) is 0 Å². The van der Waals surface area contributed by atoms with Gasteiger partial charge in [0.15, 0.2) is 0 Å².